The quantitative estimate of drug-likeness (QED) is 0.233. The summed E-state index contributed by atoms with van der Waals surface area (Å²) in [7, 11) is 0. The second-order valence-electron chi connectivity index (χ2n) is 0.983. The maximum Gasteiger partial charge on any atom is 2.00 e. The summed E-state index contributed by atoms with van der Waals surface area (Å²) in [4.78, 5) is 17.8. The molecule has 7 heteroatoms. The summed E-state index contributed by atoms with van der Waals surface area (Å²) in [5.74, 6) is -2.17. The Hall–Kier alpha value is -0.374. The van der Waals surface area contributed by atoms with Gasteiger partial charge in [-0.25, -0.2) is 0 Å². The van der Waals surface area contributed by atoms with Crippen molar-refractivity contribution in [1.29, 1.82) is 0 Å². The summed E-state index contributed by atoms with van der Waals surface area (Å²) in [5.41, 5.74) is 0. The summed E-state index contributed by atoms with van der Waals surface area (Å²) in [6.07, 6.45) is 0. The molecule has 0 spiro atoms. The van der Waals surface area contributed by atoms with Gasteiger partial charge >= 0.3 is 23.1 Å². The molecule has 62 valence electrons. The van der Waals surface area contributed by atoms with E-state index < -0.39 is 11.9 Å². The number of carbonyl (C=O) groups is 2. The van der Waals surface area contributed by atoms with Gasteiger partial charge in [-0.3, -0.25) is 10.5 Å². The molecule has 0 saturated heterocycles. The van der Waals surface area contributed by atoms with Crippen LogP contribution in [0.1, 0.15) is 13.8 Å². The third-order valence-corrected chi connectivity index (χ3v) is 0. The number of rotatable bonds is 0. The van der Waals surface area contributed by atoms with Crippen molar-refractivity contribution in [2.24, 2.45) is 0 Å². The van der Waals surface area contributed by atoms with Gasteiger partial charge in [0.25, 0.3) is 0 Å². The van der Waals surface area contributed by atoms with E-state index in [2.05, 4.69) is 0 Å². The largest absolute Gasteiger partial charge is 2.00 e. The van der Waals surface area contributed by atoms with Gasteiger partial charge in [0.1, 0.15) is 0 Å². The van der Waals surface area contributed by atoms with E-state index in [1.807, 2.05) is 0 Å². The zero-order valence-corrected chi connectivity index (χ0v) is 7.65. The van der Waals surface area contributed by atoms with E-state index in [9.17, 15) is 0 Å². The standard InChI is InChI=1S/2C2H4O2.Mg.H2O2/c2*1-2(3)4;;1-2/h2*1H3,(H,3,4);;1-2H/q;;+2;/p-2. The second kappa shape index (κ2) is 22.6. The molecule has 0 aromatic carbocycles. The SMILES string of the molecule is CC(=O)[O-].CC(=O)[O-].OO.[Mg+2]. The predicted molar refractivity (Wildman–Crippen MR) is 32.4 cm³/mol. The molecule has 6 nitrogen and oxygen atoms in total. The van der Waals surface area contributed by atoms with Gasteiger partial charge in [-0.05, 0) is 13.8 Å². The minimum absolute atomic E-state index is 0. The van der Waals surface area contributed by atoms with Crippen LogP contribution >= 0.6 is 0 Å². The van der Waals surface area contributed by atoms with Crippen LogP contribution in [0.3, 0.4) is 0 Å². The third kappa shape index (κ3) is 4010. The Morgan fingerprint density at radius 2 is 1.00 bits per heavy atom. The van der Waals surface area contributed by atoms with Gasteiger partial charge in [0, 0.05) is 11.9 Å². The van der Waals surface area contributed by atoms with E-state index in [-0.39, 0.29) is 23.1 Å². The Kier molecular flexibility index (Phi) is 46.1. The molecule has 0 aromatic rings. The first-order chi connectivity index (χ1) is 4.46. The van der Waals surface area contributed by atoms with Crippen LogP contribution in [-0.2, 0) is 9.59 Å². The molecule has 0 amide bonds. The molecule has 0 bridgehead atoms. The zero-order chi connectivity index (χ0) is 9.15. The van der Waals surface area contributed by atoms with Crippen LogP contribution in [0.25, 0.3) is 0 Å². The monoisotopic (exact) mass is 176 g/mol. The van der Waals surface area contributed by atoms with E-state index in [1.54, 1.807) is 0 Å². The summed E-state index contributed by atoms with van der Waals surface area (Å²) in [6.45, 7) is 1.94. The second-order valence-corrected chi connectivity index (χ2v) is 0.983. The molecule has 0 aliphatic heterocycles. The molecule has 0 aliphatic carbocycles. The molecule has 11 heavy (non-hydrogen) atoms. The predicted octanol–water partition coefficient (Wildman–Crippen LogP) is -2.85. The van der Waals surface area contributed by atoms with Crippen molar-refractivity contribution in [1.82, 2.24) is 0 Å². The number of hydrogen-bond acceptors (Lipinski definition) is 6. The van der Waals surface area contributed by atoms with Crippen molar-refractivity contribution in [2.75, 3.05) is 0 Å². The summed E-state index contributed by atoms with van der Waals surface area (Å²) >= 11 is 0. The molecule has 0 rings (SSSR count). The van der Waals surface area contributed by atoms with Crippen LogP contribution in [-0.4, -0.2) is 45.5 Å². The fourth-order valence-corrected chi connectivity index (χ4v) is 0. The van der Waals surface area contributed by atoms with Crippen molar-refractivity contribution in [3.63, 3.8) is 0 Å². The smallest absolute Gasteiger partial charge is 0.550 e. The molecule has 0 atom stereocenters. The summed E-state index contributed by atoms with van der Waals surface area (Å²) in [5, 5.41) is 29.8. The van der Waals surface area contributed by atoms with Gasteiger partial charge < -0.3 is 19.8 Å². The van der Waals surface area contributed by atoms with E-state index in [1.165, 1.54) is 0 Å². The molecule has 0 saturated carbocycles. The van der Waals surface area contributed by atoms with Crippen molar-refractivity contribution in [3.8, 4) is 0 Å². The molecule has 2 N–H and O–H groups in total. The Balaban J connectivity index is -0.0000000339. The molecular formula is C4H8MgO6. The first kappa shape index (κ1) is 22.4. The number of carbonyl (C=O) groups excluding carboxylic acids is 2. The molecule has 0 aliphatic rings. The number of aliphatic carboxylic acids is 2. The number of carboxylic acids is 2. The molecule has 0 aromatic heterocycles. The molecule has 0 radical (unpaired) electrons. The average molecular weight is 176 g/mol. The van der Waals surface area contributed by atoms with Crippen LogP contribution in [0.2, 0.25) is 0 Å². The van der Waals surface area contributed by atoms with Crippen LogP contribution in [0.4, 0.5) is 0 Å². The Bertz CT molecular complexity index is 72.6. The first-order valence-electron chi connectivity index (χ1n) is 2.02. The maximum absolute atomic E-state index is 8.89. The topological polar surface area (TPSA) is 121 Å². The normalized spacial score (nSPS) is 5.09. The van der Waals surface area contributed by atoms with Crippen molar-refractivity contribution >= 4 is 35.0 Å². The van der Waals surface area contributed by atoms with Crippen LogP contribution in [0.5, 0.6) is 0 Å². The minimum Gasteiger partial charge on any atom is -0.550 e. The fourth-order valence-electron chi connectivity index (χ4n) is 0. The Morgan fingerprint density at radius 1 is 1.00 bits per heavy atom. The van der Waals surface area contributed by atoms with E-state index in [0.29, 0.717) is 0 Å². The van der Waals surface area contributed by atoms with Crippen molar-refractivity contribution in [2.45, 2.75) is 13.8 Å². The summed E-state index contributed by atoms with van der Waals surface area (Å²) < 4.78 is 0. The van der Waals surface area contributed by atoms with Crippen molar-refractivity contribution < 1.29 is 30.3 Å². The van der Waals surface area contributed by atoms with Gasteiger partial charge in [0.15, 0.2) is 0 Å². The molecular weight excluding hydrogens is 168 g/mol. The molecule has 0 unspecified atom stereocenters. The van der Waals surface area contributed by atoms with Crippen molar-refractivity contribution in [3.05, 3.63) is 0 Å². The molecule has 0 fully saturated rings. The number of carboxylic acid groups (broad SMARTS) is 2. The van der Waals surface area contributed by atoms with Crippen LogP contribution < -0.4 is 10.2 Å². The first-order valence-corrected chi connectivity index (χ1v) is 2.02. The van der Waals surface area contributed by atoms with E-state index >= 15 is 0 Å². The van der Waals surface area contributed by atoms with Crippen LogP contribution in [0, 0.1) is 0 Å². The fraction of sp³-hybridized carbons (Fsp3) is 0.500. The maximum atomic E-state index is 8.89. The van der Waals surface area contributed by atoms with Gasteiger partial charge in [0.05, 0.1) is 0 Å². The van der Waals surface area contributed by atoms with E-state index in [0.717, 1.165) is 13.8 Å². The zero-order valence-electron chi connectivity index (χ0n) is 6.23. The Labute approximate surface area is 79.5 Å². The Morgan fingerprint density at radius 3 is 1.00 bits per heavy atom. The third-order valence-electron chi connectivity index (χ3n) is 0. The van der Waals surface area contributed by atoms with Crippen LogP contribution in [0.15, 0.2) is 0 Å². The average Bonchev–Trinajstić information content (AvgIpc) is 1.66. The van der Waals surface area contributed by atoms with Gasteiger partial charge in [-0.15, -0.1) is 0 Å². The number of hydrogen-bond donors (Lipinski definition) is 2. The summed E-state index contributed by atoms with van der Waals surface area (Å²) in [6, 6.07) is 0. The van der Waals surface area contributed by atoms with Gasteiger partial charge in [-0.2, -0.15) is 0 Å². The van der Waals surface area contributed by atoms with Gasteiger partial charge in [-0.1, -0.05) is 0 Å². The van der Waals surface area contributed by atoms with Gasteiger partial charge in [0.2, 0.25) is 0 Å². The molecule has 0 heterocycles. The minimum atomic E-state index is -1.08. The van der Waals surface area contributed by atoms with E-state index in [4.69, 9.17) is 30.3 Å².